The summed E-state index contributed by atoms with van der Waals surface area (Å²) < 4.78 is 0. The average Bonchev–Trinajstić information content (AvgIpc) is 2.01. The van der Waals surface area contributed by atoms with Crippen molar-refractivity contribution in [2.24, 2.45) is 0 Å². The van der Waals surface area contributed by atoms with Gasteiger partial charge in [-0.25, -0.2) is 4.79 Å². The number of hydrogen-bond donors (Lipinski definition) is 3. The summed E-state index contributed by atoms with van der Waals surface area (Å²) in [6, 6.07) is 0. The number of aliphatic carboxylic acids is 1. The highest BCUT2D eigenvalue weighted by atomic mass is 16.4. The Morgan fingerprint density at radius 2 is 1.92 bits per heavy atom. The van der Waals surface area contributed by atoms with Crippen LogP contribution in [0.2, 0.25) is 0 Å². The minimum atomic E-state index is -1.06. The highest BCUT2D eigenvalue weighted by Crippen LogP contribution is 2.00. The molecule has 0 atom stereocenters. The predicted octanol–water partition coefficient (Wildman–Crippen LogP) is -0.301. The van der Waals surface area contributed by atoms with Crippen LogP contribution in [0.5, 0.6) is 0 Å². The lowest BCUT2D eigenvalue weighted by molar-refractivity contribution is -0.131. The molecule has 13 heavy (non-hydrogen) atoms. The van der Waals surface area contributed by atoms with Crippen molar-refractivity contribution in [2.75, 3.05) is 7.05 Å². The Kier molecular flexibility index (Phi) is 3.97. The lowest BCUT2D eigenvalue weighted by Gasteiger charge is -2.22. The van der Waals surface area contributed by atoms with E-state index < -0.39 is 11.5 Å². The number of nitrogens with one attached hydrogen (secondary N) is 2. The topological polar surface area (TPSA) is 78.4 Å². The van der Waals surface area contributed by atoms with Gasteiger partial charge in [0.05, 0.1) is 0 Å². The molecule has 0 aromatic heterocycles. The molecule has 0 unspecified atom stereocenters. The zero-order chi connectivity index (χ0) is 10.5. The van der Waals surface area contributed by atoms with Gasteiger partial charge in [0.25, 0.3) is 0 Å². The van der Waals surface area contributed by atoms with Crippen LogP contribution in [0.1, 0.15) is 13.8 Å². The molecule has 0 saturated heterocycles. The summed E-state index contributed by atoms with van der Waals surface area (Å²) in [4.78, 5) is 21.3. The van der Waals surface area contributed by atoms with E-state index >= 15 is 0 Å². The first-order valence-corrected chi connectivity index (χ1v) is 3.79. The molecule has 5 nitrogen and oxygen atoms in total. The summed E-state index contributed by atoms with van der Waals surface area (Å²) >= 11 is 0. The van der Waals surface area contributed by atoms with Crippen LogP contribution in [-0.2, 0) is 9.59 Å². The van der Waals surface area contributed by atoms with Gasteiger partial charge in [-0.3, -0.25) is 4.79 Å². The number of likely N-dealkylation sites (N-methyl/N-ethyl adjacent to an activating group) is 1. The number of carbonyl (C=O) groups excluding carboxylic acids is 1. The number of rotatable bonds is 4. The molecule has 0 saturated carbocycles. The van der Waals surface area contributed by atoms with E-state index in [1.165, 1.54) is 13.2 Å². The summed E-state index contributed by atoms with van der Waals surface area (Å²) in [5.74, 6) is -1.26. The van der Waals surface area contributed by atoms with Crippen LogP contribution in [0.3, 0.4) is 0 Å². The summed E-state index contributed by atoms with van der Waals surface area (Å²) in [7, 11) is 1.52. The van der Waals surface area contributed by atoms with E-state index in [2.05, 4.69) is 10.6 Å². The van der Waals surface area contributed by atoms with Gasteiger partial charge < -0.3 is 15.7 Å². The molecular weight excluding hydrogens is 172 g/mol. The maximum Gasteiger partial charge on any atom is 0.329 e. The Hall–Kier alpha value is -1.52. The van der Waals surface area contributed by atoms with E-state index in [0.29, 0.717) is 0 Å². The van der Waals surface area contributed by atoms with Gasteiger partial charge in [-0.1, -0.05) is 0 Å². The first-order chi connectivity index (χ1) is 5.90. The van der Waals surface area contributed by atoms with Crippen LogP contribution in [0, 0.1) is 0 Å². The molecule has 0 spiro atoms. The lowest BCUT2D eigenvalue weighted by Crippen LogP contribution is -2.49. The third kappa shape index (κ3) is 4.15. The molecule has 5 heteroatoms. The van der Waals surface area contributed by atoms with E-state index in [-0.39, 0.29) is 5.91 Å². The molecule has 0 rings (SSSR count). The van der Waals surface area contributed by atoms with Gasteiger partial charge in [0.2, 0.25) is 5.91 Å². The van der Waals surface area contributed by atoms with E-state index in [9.17, 15) is 9.59 Å². The van der Waals surface area contributed by atoms with Gasteiger partial charge >= 0.3 is 5.97 Å². The van der Waals surface area contributed by atoms with Crippen LogP contribution < -0.4 is 10.6 Å². The molecule has 0 bridgehead atoms. The second kappa shape index (κ2) is 4.49. The summed E-state index contributed by atoms with van der Waals surface area (Å²) in [6.45, 7) is 3.30. The Labute approximate surface area is 76.8 Å². The van der Waals surface area contributed by atoms with Crippen LogP contribution in [0.15, 0.2) is 12.3 Å². The largest absolute Gasteiger partial charge is 0.478 e. The summed E-state index contributed by atoms with van der Waals surface area (Å²) in [5, 5.41) is 13.4. The van der Waals surface area contributed by atoms with E-state index in [1.54, 1.807) is 13.8 Å². The molecule has 3 N–H and O–H groups in total. The van der Waals surface area contributed by atoms with Crippen molar-refractivity contribution < 1.29 is 14.7 Å². The molecule has 0 aliphatic heterocycles. The predicted molar refractivity (Wildman–Crippen MR) is 48.1 cm³/mol. The monoisotopic (exact) mass is 186 g/mol. The molecule has 0 fully saturated rings. The molecule has 0 radical (unpaired) electrons. The molecule has 0 heterocycles. The van der Waals surface area contributed by atoms with Gasteiger partial charge in [0.1, 0.15) is 5.54 Å². The van der Waals surface area contributed by atoms with Crippen LogP contribution in [0.25, 0.3) is 0 Å². The van der Waals surface area contributed by atoms with Gasteiger partial charge in [-0.05, 0) is 13.8 Å². The van der Waals surface area contributed by atoms with Crippen molar-refractivity contribution in [3.05, 3.63) is 12.3 Å². The van der Waals surface area contributed by atoms with E-state index in [0.717, 1.165) is 6.08 Å². The third-order valence-electron chi connectivity index (χ3n) is 1.46. The number of carboxylic acids is 1. The smallest absolute Gasteiger partial charge is 0.329 e. The van der Waals surface area contributed by atoms with Crippen LogP contribution in [0.4, 0.5) is 0 Å². The minimum absolute atomic E-state index is 0.206. The van der Waals surface area contributed by atoms with Gasteiger partial charge in [0.15, 0.2) is 0 Å². The fraction of sp³-hybridized carbons (Fsp3) is 0.500. The first-order valence-electron chi connectivity index (χ1n) is 3.79. The summed E-state index contributed by atoms with van der Waals surface area (Å²) in [5.41, 5.74) is -0.805. The second-order valence-electron chi connectivity index (χ2n) is 3.02. The van der Waals surface area contributed by atoms with E-state index in [4.69, 9.17) is 5.11 Å². The number of carbonyl (C=O) groups is 2. The number of hydrogen-bond acceptors (Lipinski definition) is 3. The Morgan fingerprint density at radius 1 is 1.38 bits per heavy atom. The molecule has 0 aromatic rings. The third-order valence-corrected chi connectivity index (χ3v) is 1.46. The SMILES string of the molecule is CNC(=O)C(C)(C)N/C=C/C(=O)O. The molecule has 0 aliphatic carbocycles. The zero-order valence-corrected chi connectivity index (χ0v) is 7.92. The van der Waals surface area contributed by atoms with Crippen molar-refractivity contribution >= 4 is 11.9 Å². The fourth-order valence-corrected chi connectivity index (χ4v) is 0.699. The average molecular weight is 186 g/mol. The normalized spacial score (nSPS) is 11.3. The standard InChI is InChI=1S/C8H14N2O3/c1-8(2,7(13)9-3)10-5-4-6(11)12/h4-5,10H,1-3H3,(H,9,13)(H,11,12)/b5-4+. The molecule has 1 amide bonds. The number of amides is 1. The van der Waals surface area contributed by atoms with Crippen molar-refractivity contribution in [3.63, 3.8) is 0 Å². The van der Waals surface area contributed by atoms with Gasteiger partial charge in [0, 0.05) is 19.3 Å². The lowest BCUT2D eigenvalue weighted by atomic mass is 10.1. The van der Waals surface area contributed by atoms with Crippen molar-refractivity contribution in [3.8, 4) is 0 Å². The van der Waals surface area contributed by atoms with Crippen LogP contribution in [-0.4, -0.2) is 29.6 Å². The fourth-order valence-electron chi connectivity index (χ4n) is 0.699. The molecule has 0 aromatic carbocycles. The van der Waals surface area contributed by atoms with Gasteiger partial charge in [-0.2, -0.15) is 0 Å². The molecule has 74 valence electrons. The maximum atomic E-state index is 11.2. The van der Waals surface area contributed by atoms with Crippen molar-refractivity contribution in [2.45, 2.75) is 19.4 Å². The highest BCUT2D eigenvalue weighted by Gasteiger charge is 2.24. The molecule has 0 aliphatic rings. The van der Waals surface area contributed by atoms with E-state index in [1.807, 2.05) is 0 Å². The van der Waals surface area contributed by atoms with Crippen LogP contribution >= 0.6 is 0 Å². The quantitative estimate of drug-likeness (QED) is 0.527. The highest BCUT2D eigenvalue weighted by molar-refractivity contribution is 5.85. The Morgan fingerprint density at radius 3 is 2.31 bits per heavy atom. The second-order valence-corrected chi connectivity index (χ2v) is 3.02. The minimum Gasteiger partial charge on any atom is -0.478 e. The maximum absolute atomic E-state index is 11.2. The Bertz CT molecular complexity index is 234. The summed E-state index contributed by atoms with van der Waals surface area (Å²) in [6.07, 6.45) is 2.17. The van der Waals surface area contributed by atoms with Crippen molar-refractivity contribution in [1.29, 1.82) is 0 Å². The first kappa shape index (κ1) is 11.5. The van der Waals surface area contributed by atoms with Crippen molar-refractivity contribution in [1.82, 2.24) is 10.6 Å². The molecular formula is C8H14N2O3. The van der Waals surface area contributed by atoms with Gasteiger partial charge in [-0.15, -0.1) is 0 Å². The zero-order valence-electron chi connectivity index (χ0n) is 7.92. The Balaban J connectivity index is 4.18. The number of carboxylic acid groups (broad SMARTS) is 1.